The summed E-state index contributed by atoms with van der Waals surface area (Å²) in [6.07, 6.45) is 1.95. The van der Waals surface area contributed by atoms with Gasteiger partial charge in [0.1, 0.15) is 5.82 Å². The number of nitro groups is 1. The minimum Gasteiger partial charge on any atom is -0.486 e. The molecular weight excluding hydrogens is 239 g/mol. The number of rotatable bonds is 4. The molecule has 0 aliphatic carbocycles. The van der Waals surface area contributed by atoms with Gasteiger partial charge in [0.25, 0.3) is 0 Å². The summed E-state index contributed by atoms with van der Waals surface area (Å²) < 4.78 is 18.5. The summed E-state index contributed by atoms with van der Waals surface area (Å²) in [6, 6.07) is 3.27. The van der Waals surface area contributed by atoms with Crippen LogP contribution in [0.5, 0.6) is 5.75 Å². The first-order valence-corrected chi connectivity index (χ1v) is 5.94. The van der Waals surface area contributed by atoms with Crippen molar-refractivity contribution in [1.82, 2.24) is 5.32 Å². The molecule has 0 radical (unpaired) electrons. The Morgan fingerprint density at radius 1 is 1.44 bits per heavy atom. The van der Waals surface area contributed by atoms with Crippen molar-refractivity contribution < 1.29 is 14.1 Å². The number of benzene rings is 1. The Kier molecular flexibility index (Phi) is 4.09. The Morgan fingerprint density at radius 2 is 2.17 bits per heavy atom. The van der Waals surface area contributed by atoms with E-state index in [-0.39, 0.29) is 11.4 Å². The SMILES string of the molecule is O=[N+]([O-])c1ccc(F)cc1OCC1CCNCC1. The molecule has 0 bridgehead atoms. The molecule has 6 heteroatoms. The highest BCUT2D eigenvalue weighted by Gasteiger charge is 2.19. The van der Waals surface area contributed by atoms with Crippen molar-refractivity contribution in [3.05, 3.63) is 34.1 Å². The molecule has 1 saturated heterocycles. The molecule has 1 fully saturated rings. The lowest BCUT2D eigenvalue weighted by molar-refractivity contribution is -0.386. The van der Waals surface area contributed by atoms with E-state index in [4.69, 9.17) is 4.74 Å². The van der Waals surface area contributed by atoms with Crippen LogP contribution in [-0.4, -0.2) is 24.6 Å². The second kappa shape index (κ2) is 5.77. The predicted molar refractivity (Wildman–Crippen MR) is 64.1 cm³/mol. The van der Waals surface area contributed by atoms with Gasteiger partial charge in [-0.3, -0.25) is 10.1 Å². The van der Waals surface area contributed by atoms with Crippen LogP contribution in [0.15, 0.2) is 18.2 Å². The average molecular weight is 254 g/mol. The molecular formula is C12H15FN2O3. The smallest absolute Gasteiger partial charge is 0.311 e. The lowest BCUT2D eigenvalue weighted by atomic mass is 9.99. The number of piperidine rings is 1. The maximum absolute atomic E-state index is 13.1. The van der Waals surface area contributed by atoms with Crippen molar-refractivity contribution in [2.45, 2.75) is 12.8 Å². The molecule has 5 nitrogen and oxygen atoms in total. The van der Waals surface area contributed by atoms with Gasteiger partial charge in [0.15, 0.2) is 5.75 Å². The van der Waals surface area contributed by atoms with E-state index >= 15 is 0 Å². The number of nitro benzene ring substituents is 1. The van der Waals surface area contributed by atoms with Gasteiger partial charge in [-0.05, 0) is 37.9 Å². The molecule has 98 valence electrons. The Hall–Kier alpha value is -1.69. The molecule has 1 aromatic rings. The number of hydrogen-bond donors (Lipinski definition) is 1. The van der Waals surface area contributed by atoms with Crippen LogP contribution in [-0.2, 0) is 0 Å². The van der Waals surface area contributed by atoms with Gasteiger partial charge in [-0.15, -0.1) is 0 Å². The van der Waals surface area contributed by atoms with Crippen molar-refractivity contribution in [1.29, 1.82) is 0 Å². The predicted octanol–water partition coefficient (Wildman–Crippen LogP) is 2.11. The Bertz CT molecular complexity index is 433. The molecule has 0 spiro atoms. The van der Waals surface area contributed by atoms with Gasteiger partial charge in [-0.1, -0.05) is 0 Å². The van der Waals surface area contributed by atoms with E-state index < -0.39 is 10.7 Å². The summed E-state index contributed by atoms with van der Waals surface area (Å²) in [4.78, 5) is 10.2. The quantitative estimate of drug-likeness (QED) is 0.660. The lowest BCUT2D eigenvalue weighted by Gasteiger charge is -2.22. The molecule has 0 aromatic heterocycles. The molecule has 1 aliphatic heterocycles. The second-order valence-corrected chi connectivity index (χ2v) is 4.37. The third-order valence-electron chi connectivity index (χ3n) is 3.05. The average Bonchev–Trinajstić information content (AvgIpc) is 2.37. The number of hydrogen-bond acceptors (Lipinski definition) is 4. The largest absolute Gasteiger partial charge is 0.486 e. The second-order valence-electron chi connectivity index (χ2n) is 4.37. The summed E-state index contributed by atoms with van der Waals surface area (Å²) in [5.74, 6) is -0.145. The highest BCUT2D eigenvalue weighted by molar-refractivity contribution is 5.46. The maximum Gasteiger partial charge on any atom is 0.311 e. The topological polar surface area (TPSA) is 64.4 Å². The van der Waals surface area contributed by atoms with Crippen LogP contribution in [0.3, 0.4) is 0 Å². The highest BCUT2D eigenvalue weighted by Crippen LogP contribution is 2.28. The summed E-state index contributed by atoms with van der Waals surface area (Å²) in [5.41, 5.74) is -0.190. The summed E-state index contributed by atoms with van der Waals surface area (Å²) in [7, 11) is 0. The van der Waals surface area contributed by atoms with E-state index in [1.165, 1.54) is 0 Å². The number of ether oxygens (including phenoxy) is 1. The molecule has 1 N–H and O–H groups in total. The monoisotopic (exact) mass is 254 g/mol. The van der Waals surface area contributed by atoms with Crippen LogP contribution in [0.25, 0.3) is 0 Å². The molecule has 1 aliphatic rings. The molecule has 0 atom stereocenters. The van der Waals surface area contributed by atoms with Gasteiger partial charge in [0, 0.05) is 12.1 Å². The standard InChI is InChI=1S/C12H15FN2O3/c13-10-1-2-11(15(16)17)12(7-10)18-8-9-3-5-14-6-4-9/h1-2,7,9,14H,3-6,8H2. The first kappa shape index (κ1) is 12.8. The van der Waals surface area contributed by atoms with E-state index in [9.17, 15) is 14.5 Å². The first-order chi connectivity index (χ1) is 8.66. The zero-order chi connectivity index (χ0) is 13.0. The van der Waals surface area contributed by atoms with Gasteiger partial charge in [-0.2, -0.15) is 0 Å². The zero-order valence-corrected chi connectivity index (χ0v) is 9.89. The minimum atomic E-state index is -0.558. The highest BCUT2D eigenvalue weighted by atomic mass is 19.1. The van der Waals surface area contributed by atoms with E-state index in [2.05, 4.69) is 5.32 Å². The van der Waals surface area contributed by atoms with Crippen LogP contribution in [0, 0.1) is 21.8 Å². The summed E-state index contributed by atoms with van der Waals surface area (Å²) >= 11 is 0. The fourth-order valence-corrected chi connectivity index (χ4v) is 2.01. The lowest BCUT2D eigenvalue weighted by Crippen LogP contribution is -2.30. The Morgan fingerprint density at radius 3 is 2.83 bits per heavy atom. The maximum atomic E-state index is 13.1. The first-order valence-electron chi connectivity index (χ1n) is 5.94. The zero-order valence-electron chi connectivity index (χ0n) is 9.89. The minimum absolute atomic E-state index is 0.0125. The number of halogens is 1. The van der Waals surface area contributed by atoms with Crippen molar-refractivity contribution in [2.75, 3.05) is 19.7 Å². The van der Waals surface area contributed by atoms with E-state index in [0.29, 0.717) is 12.5 Å². The normalized spacial score (nSPS) is 16.5. The summed E-state index contributed by atoms with van der Waals surface area (Å²) in [6.45, 7) is 2.25. The van der Waals surface area contributed by atoms with E-state index in [1.54, 1.807) is 0 Å². The molecule has 18 heavy (non-hydrogen) atoms. The summed E-state index contributed by atoms with van der Waals surface area (Å²) in [5, 5.41) is 14.0. The van der Waals surface area contributed by atoms with Gasteiger partial charge in [-0.25, -0.2) is 4.39 Å². The van der Waals surface area contributed by atoms with Gasteiger partial charge >= 0.3 is 5.69 Å². The molecule has 0 amide bonds. The van der Waals surface area contributed by atoms with E-state index in [0.717, 1.165) is 44.1 Å². The number of nitrogens with zero attached hydrogens (tertiary/aromatic N) is 1. The van der Waals surface area contributed by atoms with Crippen molar-refractivity contribution in [3.63, 3.8) is 0 Å². The fraction of sp³-hybridized carbons (Fsp3) is 0.500. The van der Waals surface area contributed by atoms with Gasteiger partial charge in [0.2, 0.25) is 0 Å². The van der Waals surface area contributed by atoms with Crippen LogP contribution < -0.4 is 10.1 Å². The molecule has 1 heterocycles. The van der Waals surface area contributed by atoms with Crippen molar-refractivity contribution in [3.8, 4) is 5.75 Å². The molecule has 2 rings (SSSR count). The van der Waals surface area contributed by atoms with Crippen molar-refractivity contribution >= 4 is 5.69 Å². The third kappa shape index (κ3) is 3.16. The Labute approximate surface area is 104 Å². The van der Waals surface area contributed by atoms with Crippen LogP contribution in [0.4, 0.5) is 10.1 Å². The third-order valence-corrected chi connectivity index (χ3v) is 3.05. The van der Waals surface area contributed by atoms with Gasteiger partial charge in [0.05, 0.1) is 11.5 Å². The van der Waals surface area contributed by atoms with Crippen LogP contribution in [0.1, 0.15) is 12.8 Å². The van der Waals surface area contributed by atoms with Crippen LogP contribution >= 0.6 is 0 Å². The Balaban J connectivity index is 2.03. The number of nitrogens with one attached hydrogen (secondary N) is 1. The fourth-order valence-electron chi connectivity index (χ4n) is 2.01. The molecule has 1 aromatic carbocycles. The van der Waals surface area contributed by atoms with Crippen molar-refractivity contribution in [2.24, 2.45) is 5.92 Å². The molecule has 0 saturated carbocycles. The van der Waals surface area contributed by atoms with E-state index in [1.807, 2.05) is 0 Å². The molecule has 0 unspecified atom stereocenters. The van der Waals surface area contributed by atoms with Crippen LogP contribution in [0.2, 0.25) is 0 Å². The van der Waals surface area contributed by atoms with Gasteiger partial charge < -0.3 is 10.1 Å².